The van der Waals surface area contributed by atoms with Crippen LogP contribution in [0.5, 0.6) is 23.3 Å². The summed E-state index contributed by atoms with van der Waals surface area (Å²) in [6.45, 7) is 0. The summed E-state index contributed by atoms with van der Waals surface area (Å²) in [6.07, 6.45) is -5.06. The number of urea groups is 1. The zero-order valence-corrected chi connectivity index (χ0v) is 25.8. The quantitative estimate of drug-likeness (QED) is 0.104. The number of methoxy groups -OCH3 is 2. The number of nitrogens with zero attached hydrogens (tertiary/aromatic N) is 4. The first-order chi connectivity index (χ1) is 22.5. The molecule has 254 valence electrons. The van der Waals surface area contributed by atoms with Gasteiger partial charge < -0.3 is 25.1 Å². The number of benzene rings is 2. The molecule has 2 aromatic heterocycles. The smallest absolute Gasteiger partial charge is 0.433 e. The predicted octanol–water partition coefficient (Wildman–Crippen LogP) is 4.74. The third-order valence-corrected chi connectivity index (χ3v) is 7.14. The summed E-state index contributed by atoms with van der Waals surface area (Å²) in [7, 11) is -2.66. The molecular weight excluding hydrogens is 695 g/mol. The first-order valence-electron chi connectivity index (χ1n) is 12.5. The number of hydrogen-bond donors (Lipinski definition) is 4. The minimum absolute atomic E-state index is 0.0352. The molecule has 0 aliphatic heterocycles. The van der Waals surface area contributed by atoms with Crippen LogP contribution in [0.1, 0.15) is 16.1 Å². The summed E-state index contributed by atoms with van der Waals surface area (Å²) in [5, 5.41) is 20.1. The van der Waals surface area contributed by atoms with Crippen LogP contribution in [0.2, 0.25) is 5.02 Å². The fourth-order valence-corrected chi connectivity index (χ4v) is 4.60. The van der Waals surface area contributed by atoms with Crippen molar-refractivity contribution >= 4 is 50.9 Å². The number of nitrogens with two attached hydrogens (primary N) is 1. The third kappa shape index (κ3) is 9.29. The largest absolute Gasteiger partial charge is 0.481 e. The fraction of sp³-hybridized carbons (Fsp3) is 0.115. The van der Waals surface area contributed by atoms with Crippen LogP contribution in [-0.4, -0.2) is 59.6 Å². The Hall–Kier alpha value is -5.96. The van der Waals surface area contributed by atoms with Crippen molar-refractivity contribution in [2.45, 2.75) is 11.2 Å². The molecule has 4 aromatic rings. The molecule has 5 N–H and O–H groups in total. The number of hydrogen-bond acceptors (Lipinski definition) is 13. The average molecular weight is 716 g/mol. The van der Waals surface area contributed by atoms with Gasteiger partial charge in [0.2, 0.25) is 17.7 Å². The lowest BCUT2D eigenvalue weighted by atomic mass is 10.2. The van der Waals surface area contributed by atoms with E-state index < -0.39 is 55.4 Å². The summed E-state index contributed by atoms with van der Waals surface area (Å²) < 4.78 is 79.7. The first kappa shape index (κ1) is 36.5. The van der Waals surface area contributed by atoms with E-state index in [1.807, 2.05) is 11.4 Å². The second-order valence-electron chi connectivity index (χ2n) is 8.67. The number of rotatable bonds is 9. The number of nitrogen functional groups attached to an aromatic ring is 1. The highest BCUT2D eigenvalue weighted by atomic mass is 35.5. The molecule has 0 atom stereocenters. The summed E-state index contributed by atoms with van der Waals surface area (Å²) in [4.78, 5) is 43.5. The molecule has 0 saturated heterocycles. The van der Waals surface area contributed by atoms with Gasteiger partial charge in [-0.3, -0.25) is 15.4 Å². The second-order valence-corrected chi connectivity index (χ2v) is 10.6. The van der Waals surface area contributed by atoms with E-state index in [9.17, 15) is 41.3 Å². The molecule has 22 heteroatoms. The molecular formula is C26H21ClF3N7O10S. The third-order valence-electron chi connectivity index (χ3n) is 5.47. The van der Waals surface area contributed by atoms with Crippen molar-refractivity contribution in [1.29, 1.82) is 0 Å². The van der Waals surface area contributed by atoms with Gasteiger partial charge in [0.05, 0.1) is 30.8 Å². The van der Waals surface area contributed by atoms with E-state index in [1.54, 1.807) is 24.3 Å². The number of aromatic nitrogens is 3. The van der Waals surface area contributed by atoms with E-state index in [-0.39, 0.29) is 33.9 Å². The molecule has 48 heavy (non-hydrogen) atoms. The van der Waals surface area contributed by atoms with Crippen molar-refractivity contribution in [3.63, 3.8) is 0 Å². The normalized spacial score (nSPS) is 11.0. The molecule has 4 rings (SSSR count). The molecule has 0 aliphatic rings. The number of aromatic carboxylic acids is 1. The molecule has 0 bridgehead atoms. The van der Waals surface area contributed by atoms with Gasteiger partial charge in [0.1, 0.15) is 27.9 Å². The highest BCUT2D eigenvalue weighted by Crippen LogP contribution is 2.38. The van der Waals surface area contributed by atoms with Crippen molar-refractivity contribution in [3.05, 3.63) is 87.1 Å². The van der Waals surface area contributed by atoms with Crippen LogP contribution >= 0.6 is 11.6 Å². The fourth-order valence-electron chi connectivity index (χ4n) is 3.35. The number of carbonyl (C=O) groups is 2. The molecule has 2 amide bonds. The lowest BCUT2D eigenvalue weighted by molar-refractivity contribution is -0.383. The van der Waals surface area contributed by atoms with E-state index >= 15 is 0 Å². The van der Waals surface area contributed by atoms with Gasteiger partial charge in [0.25, 0.3) is 15.7 Å². The molecule has 17 nitrogen and oxygen atoms in total. The summed E-state index contributed by atoms with van der Waals surface area (Å²) in [5.41, 5.74) is 2.49. The summed E-state index contributed by atoms with van der Waals surface area (Å²) in [5.74, 6) is -1.62. The van der Waals surface area contributed by atoms with E-state index in [4.69, 9.17) is 36.7 Å². The maximum atomic E-state index is 12.8. The monoisotopic (exact) mass is 715 g/mol. The van der Waals surface area contributed by atoms with E-state index in [0.717, 1.165) is 0 Å². The second kappa shape index (κ2) is 15.1. The summed E-state index contributed by atoms with van der Waals surface area (Å²) >= 11 is 5.94. The van der Waals surface area contributed by atoms with Gasteiger partial charge in [0, 0.05) is 6.07 Å². The molecule has 0 spiro atoms. The number of nitro benzene ring substituents is 1. The zero-order valence-electron chi connectivity index (χ0n) is 24.2. The van der Waals surface area contributed by atoms with E-state index in [2.05, 4.69) is 15.0 Å². The van der Waals surface area contributed by atoms with Crippen molar-refractivity contribution < 1.29 is 55.4 Å². The molecule has 0 radical (unpaired) electrons. The van der Waals surface area contributed by atoms with Crippen LogP contribution in [0.25, 0.3) is 0 Å². The maximum Gasteiger partial charge on any atom is 0.433 e. The molecule has 2 aromatic carbocycles. The van der Waals surface area contributed by atoms with Crippen molar-refractivity contribution in [3.8, 4) is 23.3 Å². The minimum atomic E-state index is -5.14. The molecule has 0 unspecified atom stereocenters. The van der Waals surface area contributed by atoms with Gasteiger partial charge in [-0.25, -0.2) is 19.3 Å². The number of sulfonamides is 1. The highest BCUT2D eigenvalue weighted by molar-refractivity contribution is 7.90. The number of carboxylic acids is 1. The Morgan fingerprint density at radius 1 is 1.00 bits per heavy atom. The van der Waals surface area contributed by atoms with Crippen molar-refractivity contribution in [1.82, 2.24) is 19.7 Å². The van der Waals surface area contributed by atoms with Gasteiger partial charge in [-0.2, -0.15) is 31.6 Å². The Kier molecular flexibility index (Phi) is 11.5. The van der Waals surface area contributed by atoms with Gasteiger partial charge >= 0.3 is 18.2 Å². The van der Waals surface area contributed by atoms with Crippen LogP contribution in [-0.2, 0) is 16.2 Å². The van der Waals surface area contributed by atoms with Crippen LogP contribution in [0.3, 0.4) is 0 Å². The van der Waals surface area contributed by atoms with Crippen LogP contribution in [0.4, 0.5) is 35.3 Å². The number of carboxylic acid groups (broad SMARTS) is 1. The first-order valence-corrected chi connectivity index (χ1v) is 14.4. The number of nitrogens with one attached hydrogen (secondary N) is 2. The SMILES string of the molecule is COc1cc(OC)nc(NC(=O)NS(=O)(=O)c2nc(C(F)(F)F)ccc2C(=O)O)n1.Nc1c([N+](=O)[O-])ccc(Oc2ccccc2)c1Cl. The zero-order chi connectivity index (χ0) is 35.8. The lowest BCUT2D eigenvalue weighted by Gasteiger charge is -2.12. The Morgan fingerprint density at radius 3 is 2.12 bits per heavy atom. The standard InChI is InChI=1S/C14H12F3N5O7S.C12H9ClN2O3/c1-28-8-5-9(29-2)20-12(19-8)21-13(25)22-30(26,27)10-6(11(23)24)3-4-7(18-10)14(15,16)17;13-11-10(18-8-4-2-1-3-5-8)7-6-9(12(11)14)15(16)17/h3-5H,1-2H3,(H,23,24)(H2,19,20,21,22,25);1-7H,14H2. The van der Waals surface area contributed by atoms with Crippen molar-refractivity contribution in [2.75, 3.05) is 25.3 Å². The molecule has 0 aliphatic carbocycles. The Bertz CT molecular complexity index is 1930. The number of amides is 2. The number of pyridine rings is 1. The van der Waals surface area contributed by atoms with Crippen LogP contribution < -0.4 is 30.0 Å². The highest BCUT2D eigenvalue weighted by Gasteiger charge is 2.36. The van der Waals surface area contributed by atoms with Gasteiger partial charge in [-0.15, -0.1) is 0 Å². The Balaban J connectivity index is 0.000000294. The topological polar surface area (TPSA) is 248 Å². The van der Waals surface area contributed by atoms with E-state index in [1.165, 1.54) is 37.1 Å². The van der Waals surface area contributed by atoms with Gasteiger partial charge in [-0.1, -0.05) is 29.8 Å². The molecule has 0 fully saturated rings. The molecule has 2 heterocycles. The predicted molar refractivity (Wildman–Crippen MR) is 160 cm³/mol. The Labute approximate surface area is 272 Å². The number of halogens is 4. The number of nitro groups is 1. The number of ether oxygens (including phenoxy) is 3. The van der Waals surface area contributed by atoms with Gasteiger partial charge in [-0.05, 0) is 30.3 Å². The minimum Gasteiger partial charge on any atom is -0.481 e. The van der Waals surface area contributed by atoms with E-state index in [0.29, 0.717) is 17.9 Å². The maximum absolute atomic E-state index is 12.8. The number of alkyl halides is 3. The van der Waals surface area contributed by atoms with Crippen LogP contribution in [0.15, 0.2) is 65.7 Å². The number of anilines is 2. The Morgan fingerprint density at radius 2 is 1.60 bits per heavy atom. The summed E-state index contributed by atoms with van der Waals surface area (Å²) in [6, 6.07) is 12.0. The van der Waals surface area contributed by atoms with Crippen molar-refractivity contribution in [2.24, 2.45) is 0 Å². The number of carbonyl (C=O) groups excluding carboxylic acids is 1. The average Bonchev–Trinajstić information content (AvgIpc) is 3.02. The molecule has 0 saturated carbocycles. The number of para-hydroxylation sites is 1. The lowest BCUT2D eigenvalue weighted by Crippen LogP contribution is -2.36. The van der Waals surface area contributed by atoms with Crippen LogP contribution in [0, 0.1) is 10.1 Å². The van der Waals surface area contributed by atoms with Gasteiger partial charge in [0.15, 0.2) is 5.03 Å².